The fourth-order valence-corrected chi connectivity index (χ4v) is 1.84. The molecule has 0 atom stereocenters. The summed E-state index contributed by atoms with van der Waals surface area (Å²) in [5.74, 6) is -0.192. The molecule has 0 spiro atoms. The lowest BCUT2D eigenvalue weighted by molar-refractivity contribution is 0.628. The topological polar surface area (TPSA) is 12.0 Å². The molecule has 0 bridgehead atoms. The number of rotatable bonds is 4. The maximum absolute atomic E-state index is 13.1. The van der Waals surface area contributed by atoms with Crippen molar-refractivity contribution in [3.05, 3.63) is 59.9 Å². The Balaban J connectivity index is 2.26. The number of likely N-dealkylation sites (N-methyl/N-ethyl adjacent to an activating group) is 1. The summed E-state index contributed by atoms with van der Waals surface area (Å²) in [6.07, 6.45) is 0.986. The predicted molar refractivity (Wildman–Crippen MR) is 69.5 cm³/mol. The third-order valence-electron chi connectivity index (χ3n) is 2.75. The Kier molecular flexibility index (Phi) is 3.89. The molecule has 0 fully saturated rings. The van der Waals surface area contributed by atoms with E-state index in [1.54, 1.807) is 12.1 Å². The molecule has 2 aromatic rings. The van der Waals surface area contributed by atoms with Crippen LogP contribution >= 0.6 is 0 Å². The molecule has 0 aromatic heterocycles. The molecule has 0 saturated heterocycles. The Bertz CT molecular complexity index is 494. The van der Waals surface area contributed by atoms with E-state index in [1.165, 1.54) is 11.6 Å². The van der Waals surface area contributed by atoms with Gasteiger partial charge in [-0.25, -0.2) is 4.39 Å². The van der Waals surface area contributed by atoms with Crippen LogP contribution in [0, 0.1) is 5.82 Å². The molecule has 0 aliphatic rings. The average molecular weight is 229 g/mol. The third-order valence-corrected chi connectivity index (χ3v) is 2.75. The van der Waals surface area contributed by atoms with E-state index in [1.807, 2.05) is 25.2 Å². The second kappa shape index (κ2) is 5.60. The predicted octanol–water partition coefficient (Wildman–Crippen LogP) is 3.25. The summed E-state index contributed by atoms with van der Waals surface area (Å²) in [7, 11) is 1.94. The molecule has 1 nitrogen and oxygen atoms in total. The second-order valence-electron chi connectivity index (χ2n) is 4.06. The summed E-state index contributed by atoms with van der Waals surface area (Å²) >= 11 is 0. The first kappa shape index (κ1) is 11.8. The second-order valence-corrected chi connectivity index (χ2v) is 4.06. The smallest absolute Gasteiger partial charge is 0.123 e. The molecule has 17 heavy (non-hydrogen) atoms. The zero-order valence-electron chi connectivity index (χ0n) is 9.91. The largest absolute Gasteiger partial charge is 0.319 e. The van der Waals surface area contributed by atoms with Gasteiger partial charge >= 0.3 is 0 Å². The van der Waals surface area contributed by atoms with Gasteiger partial charge in [-0.15, -0.1) is 0 Å². The fraction of sp³-hybridized carbons (Fsp3) is 0.200. The van der Waals surface area contributed by atoms with Crippen molar-refractivity contribution in [3.63, 3.8) is 0 Å². The van der Waals surface area contributed by atoms with Crippen LogP contribution in [0.5, 0.6) is 0 Å². The van der Waals surface area contributed by atoms with Crippen molar-refractivity contribution in [2.45, 2.75) is 6.42 Å². The highest BCUT2D eigenvalue weighted by Crippen LogP contribution is 2.21. The van der Waals surface area contributed by atoms with E-state index in [0.29, 0.717) is 0 Å². The maximum atomic E-state index is 13.1. The van der Waals surface area contributed by atoms with Crippen molar-refractivity contribution < 1.29 is 4.39 Å². The van der Waals surface area contributed by atoms with Gasteiger partial charge in [0.15, 0.2) is 0 Å². The van der Waals surface area contributed by atoms with Gasteiger partial charge < -0.3 is 5.32 Å². The Hall–Kier alpha value is -1.67. The van der Waals surface area contributed by atoms with Gasteiger partial charge in [0.2, 0.25) is 0 Å². The van der Waals surface area contributed by atoms with Crippen molar-refractivity contribution in [3.8, 4) is 11.1 Å². The highest BCUT2D eigenvalue weighted by atomic mass is 19.1. The number of hydrogen-bond donors (Lipinski definition) is 1. The summed E-state index contributed by atoms with van der Waals surface area (Å²) in [4.78, 5) is 0. The lowest BCUT2D eigenvalue weighted by atomic mass is 10.0. The van der Waals surface area contributed by atoms with Crippen LogP contribution in [-0.2, 0) is 6.42 Å². The normalized spacial score (nSPS) is 10.5. The van der Waals surface area contributed by atoms with Gasteiger partial charge in [0.25, 0.3) is 0 Å². The lowest BCUT2D eigenvalue weighted by Gasteiger charge is -2.05. The molecule has 2 rings (SSSR count). The summed E-state index contributed by atoms with van der Waals surface area (Å²) in [5.41, 5.74) is 3.26. The SMILES string of the molecule is CNCCc1cccc(-c2cccc(F)c2)c1. The fourth-order valence-electron chi connectivity index (χ4n) is 1.84. The Labute approximate surface area is 101 Å². The standard InChI is InChI=1S/C15H16FN/c1-17-9-8-12-4-2-5-13(10-12)14-6-3-7-15(16)11-14/h2-7,10-11,17H,8-9H2,1H3. The molecule has 2 aromatic carbocycles. The molecule has 88 valence electrons. The van der Waals surface area contributed by atoms with Crippen LogP contribution in [0.25, 0.3) is 11.1 Å². The van der Waals surface area contributed by atoms with Crippen LogP contribution in [0.15, 0.2) is 48.5 Å². The van der Waals surface area contributed by atoms with E-state index < -0.39 is 0 Å². The zero-order chi connectivity index (χ0) is 12.1. The van der Waals surface area contributed by atoms with Gasteiger partial charge in [0.05, 0.1) is 0 Å². The van der Waals surface area contributed by atoms with Gasteiger partial charge in [0, 0.05) is 0 Å². The first-order valence-corrected chi connectivity index (χ1v) is 5.79. The maximum Gasteiger partial charge on any atom is 0.123 e. The van der Waals surface area contributed by atoms with Gasteiger partial charge in [-0.3, -0.25) is 0 Å². The average Bonchev–Trinajstić information content (AvgIpc) is 2.37. The van der Waals surface area contributed by atoms with Gasteiger partial charge in [-0.2, -0.15) is 0 Å². The van der Waals surface area contributed by atoms with E-state index >= 15 is 0 Å². The highest BCUT2D eigenvalue weighted by Gasteiger charge is 2.00. The van der Waals surface area contributed by atoms with Crippen LogP contribution < -0.4 is 5.32 Å². The summed E-state index contributed by atoms with van der Waals surface area (Å²) in [6, 6.07) is 15.0. The van der Waals surface area contributed by atoms with E-state index in [2.05, 4.69) is 17.4 Å². The summed E-state index contributed by atoms with van der Waals surface area (Å²) in [6.45, 7) is 0.951. The lowest BCUT2D eigenvalue weighted by Crippen LogP contribution is -2.10. The van der Waals surface area contributed by atoms with Crippen molar-refractivity contribution in [1.29, 1.82) is 0 Å². The number of nitrogens with one attached hydrogen (secondary N) is 1. The molecule has 0 amide bonds. The molecular weight excluding hydrogens is 213 g/mol. The van der Waals surface area contributed by atoms with Crippen LogP contribution in [0.3, 0.4) is 0 Å². The molecule has 0 aliphatic heterocycles. The van der Waals surface area contributed by atoms with E-state index in [0.717, 1.165) is 24.1 Å². The van der Waals surface area contributed by atoms with Gasteiger partial charge in [-0.05, 0) is 48.8 Å². The van der Waals surface area contributed by atoms with Crippen molar-refractivity contribution in [2.24, 2.45) is 0 Å². The van der Waals surface area contributed by atoms with E-state index in [4.69, 9.17) is 0 Å². The molecule has 0 unspecified atom stereocenters. The third kappa shape index (κ3) is 3.14. The molecular formula is C15H16FN. The monoisotopic (exact) mass is 229 g/mol. The van der Waals surface area contributed by atoms with Gasteiger partial charge in [-0.1, -0.05) is 36.4 Å². The molecule has 0 radical (unpaired) electrons. The van der Waals surface area contributed by atoms with Crippen LogP contribution in [0.1, 0.15) is 5.56 Å². The Morgan fingerprint density at radius 3 is 2.41 bits per heavy atom. The number of hydrogen-bond acceptors (Lipinski definition) is 1. The summed E-state index contributed by atoms with van der Waals surface area (Å²) < 4.78 is 13.1. The van der Waals surface area contributed by atoms with Crippen molar-refractivity contribution in [2.75, 3.05) is 13.6 Å². The van der Waals surface area contributed by atoms with Crippen LogP contribution in [0.2, 0.25) is 0 Å². The molecule has 0 aliphatic carbocycles. The van der Waals surface area contributed by atoms with E-state index in [-0.39, 0.29) is 5.82 Å². The van der Waals surface area contributed by atoms with Crippen LogP contribution in [-0.4, -0.2) is 13.6 Å². The minimum Gasteiger partial charge on any atom is -0.319 e. The minimum absolute atomic E-state index is 0.192. The van der Waals surface area contributed by atoms with Crippen LogP contribution in [0.4, 0.5) is 4.39 Å². The van der Waals surface area contributed by atoms with Gasteiger partial charge in [0.1, 0.15) is 5.82 Å². The Morgan fingerprint density at radius 1 is 1.00 bits per heavy atom. The molecule has 0 saturated carbocycles. The first-order chi connectivity index (χ1) is 8.29. The van der Waals surface area contributed by atoms with Crippen molar-refractivity contribution >= 4 is 0 Å². The number of halogens is 1. The first-order valence-electron chi connectivity index (χ1n) is 5.79. The van der Waals surface area contributed by atoms with E-state index in [9.17, 15) is 4.39 Å². The quantitative estimate of drug-likeness (QED) is 0.848. The number of benzene rings is 2. The van der Waals surface area contributed by atoms with Crippen molar-refractivity contribution in [1.82, 2.24) is 5.32 Å². The highest BCUT2D eigenvalue weighted by molar-refractivity contribution is 5.64. The Morgan fingerprint density at radius 2 is 1.71 bits per heavy atom. The molecule has 2 heteroatoms. The molecule has 0 heterocycles. The summed E-state index contributed by atoms with van der Waals surface area (Å²) in [5, 5.41) is 3.12. The molecule has 1 N–H and O–H groups in total. The zero-order valence-corrected chi connectivity index (χ0v) is 9.91. The minimum atomic E-state index is -0.192.